The van der Waals surface area contributed by atoms with E-state index in [4.69, 9.17) is 9.47 Å². The van der Waals surface area contributed by atoms with E-state index in [1.807, 2.05) is 37.4 Å². The molecule has 152 valence electrons. The number of aromatic nitrogens is 2. The molecule has 3 heterocycles. The van der Waals surface area contributed by atoms with Crippen molar-refractivity contribution in [2.75, 3.05) is 13.2 Å². The van der Waals surface area contributed by atoms with E-state index in [1.54, 1.807) is 6.07 Å². The summed E-state index contributed by atoms with van der Waals surface area (Å²) in [4.78, 5) is 30.2. The average Bonchev–Trinajstić information content (AvgIpc) is 3.06. The standard InChI is InChI=1S/C21H23N3O4S/c1-13(2)19(14-4-5-16-17(10-14)28-8-3-7-27-16)23-18(25)11-24-12-22-20-15(21(24)26)6-9-29-20/h4-6,9-10,12-13,19H,3,7-8,11H2,1-2H3,(H,23,25). The van der Waals surface area contributed by atoms with Crippen LogP contribution in [0.1, 0.15) is 31.9 Å². The average molecular weight is 413 g/mol. The van der Waals surface area contributed by atoms with E-state index in [0.717, 1.165) is 17.7 Å². The molecule has 0 fully saturated rings. The zero-order valence-electron chi connectivity index (χ0n) is 16.4. The number of nitrogens with one attached hydrogen (secondary N) is 1. The lowest BCUT2D eigenvalue weighted by molar-refractivity contribution is -0.122. The van der Waals surface area contributed by atoms with Gasteiger partial charge >= 0.3 is 0 Å². The van der Waals surface area contributed by atoms with Gasteiger partial charge < -0.3 is 14.8 Å². The quantitative estimate of drug-likeness (QED) is 0.695. The molecule has 1 aromatic carbocycles. The molecule has 7 nitrogen and oxygen atoms in total. The summed E-state index contributed by atoms with van der Waals surface area (Å²) in [7, 11) is 0. The van der Waals surface area contributed by atoms with Crippen molar-refractivity contribution in [3.63, 3.8) is 0 Å². The maximum atomic E-state index is 12.7. The predicted molar refractivity (Wildman–Crippen MR) is 112 cm³/mol. The smallest absolute Gasteiger partial charge is 0.262 e. The number of carbonyl (C=O) groups is 1. The molecule has 0 aliphatic carbocycles. The van der Waals surface area contributed by atoms with Gasteiger partial charge in [-0.05, 0) is 35.1 Å². The zero-order valence-corrected chi connectivity index (χ0v) is 17.2. The number of rotatable bonds is 5. The van der Waals surface area contributed by atoms with Crippen LogP contribution in [0.25, 0.3) is 10.2 Å². The highest BCUT2D eigenvalue weighted by Gasteiger charge is 2.21. The molecule has 1 atom stereocenters. The fraction of sp³-hybridized carbons (Fsp3) is 0.381. The zero-order chi connectivity index (χ0) is 20.4. The summed E-state index contributed by atoms with van der Waals surface area (Å²) in [6.07, 6.45) is 2.27. The molecule has 1 aliphatic heterocycles. The van der Waals surface area contributed by atoms with Gasteiger partial charge in [0, 0.05) is 6.42 Å². The number of nitrogens with zero attached hydrogens (tertiary/aromatic N) is 2. The number of thiophene rings is 1. The minimum Gasteiger partial charge on any atom is -0.490 e. The lowest BCUT2D eigenvalue weighted by Crippen LogP contribution is -2.36. The number of benzene rings is 1. The van der Waals surface area contributed by atoms with Crippen LogP contribution in [-0.4, -0.2) is 28.7 Å². The highest BCUT2D eigenvalue weighted by Crippen LogP contribution is 2.34. The second-order valence-corrected chi connectivity index (χ2v) is 8.26. The van der Waals surface area contributed by atoms with Gasteiger partial charge in [-0.1, -0.05) is 19.9 Å². The number of ether oxygens (including phenoxy) is 2. The van der Waals surface area contributed by atoms with Crippen molar-refractivity contribution in [2.45, 2.75) is 32.9 Å². The molecule has 0 saturated carbocycles. The second-order valence-electron chi connectivity index (χ2n) is 7.36. The van der Waals surface area contributed by atoms with E-state index in [-0.39, 0.29) is 30.0 Å². The number of hydrogen-bond donors (Lipinski definition) is 1. The molecule has 1 unspecified atom stereocenters. The monoisotopic (exact) mass is 413 g/mol. The highest BCUT2D eigenvalue weighted by molar-refractivity contribution is 7.16. The van der Waals surface area contributed by atoms with Gasteiger partial charge in [0.05, 0.1) is 31.0 Å². The lowest BCUT2D eigenvalue weighted by Gasteiger charge is -2.24. The van der Waals surface area contributed by atoms with Gasteiger partial charge in [0.25, 0.3) is 5.56 Å². The van der Waals surface area contributed by atoms with Gasteiger partial charge in [-0.2, -0.15) is 0 Å². The van der Waals surface area contributed by atoms with Crippen LogP contribution < -0.4 is 20.3 Å². The third-order valence-corrected chi connectivity index (χ3v) is 5.70. The fourth-order valence-electron chi connectivity index (χ4n) is 3.39. The van der Waals surface area contributed by atoms with Crippen molar-refractivity contribution in [2.24, 2.45) is 5.92 Å². The molecule has 1 N–H and O–H groups in total. The molecule has 0 radical (unpaired) electrons. The van der Waals surface area contributed by atoms with Gasteiger partial charge in [0.15, 0.2) is 11.5 Å². The van der Waals surface area contributed by atoms with Gasteiger partial charge in [0.1, 0.15) is 11.4 Å². The van der Waals surface area contributed by atoms with E-state index in [1.165, 1.54) is 22.2 Å². The predicted octanol–water partition coefficient (Wildman–Crippen LogP) is 3.13. The number of hydrogen-bond acceptors (Lipinski definition) is 6. The normalized spacial score (nSPS) is 14.6. The molecule has 0 saturated heterocycles. The topological polar surface area (TPSA) is 82.5 Å². The molecule has 0 spiro atoms. The minimum atomic E-state index is -0.241. The van der Waals surface area contributed by atoms with Crippen LogP contribution in [0, 0.1) is 5.92 Å². The Morgan fingerprint density at radius 1 is 1.24 bits per heavy atom. The van der Waals surface area contributed by atoms with Crippen LogP contribution in [0.5, 0.6) is 11.5 Å². The van der Waals surface area contributed by atoms with Crippen molar-refractivity contribution in [3.8, 4) is 11.5 Å². The first kappa shape index (κ1) is 19.4. The van der Waals surface area contributed by atoms with Crippen molar-refractivity contribution in [3.05, 3.63) is 51.9 Å². The number of carbonyl (C=O) groups excluding carboxylic acids is 1. The van der Waals surface area contributed by atoms with Crippen molar-refractivity contribution in [1.29, 1.82) is 0 Å². The molecular formula is C21H23N3O4S. The van der Waals surface area contributed by atoms with Crippen LogP contribution in [-0.2, 0) is 11.3 Å². The van der Waals surface area contributed by atoms with Crippen LogP contribution in [0.4, 0.5) is 0 Å². The summed E-state index contributed by atoms with van der Waals surface area (Å²) in [6, 6.07) is 7.28. The molecular weight excluding hydrogens is 390 g/mol. The van der Waals surface area contributed by atoms with E-state index in [0.29, 0.717) is 29.2 Å². The number of fused-ring (bicyclic) bond motifs is 2. The van der Waals surface area contributed by atoms with Gasteiger partial charge in [-0.3, -0.25) is 14.2 Å². The summed E-state index contributed by atoms with van der Waals surface area (Å²) < 4.78 is 12.8. The third kappa shape index (κ3) is 4.12. The summed E-state index contributed by atoms with van der Waals surface area (Å²) in [6.45, 7) is 5.24. The van der Waals surface area contributed by atoms with E-state index >= 15 is 0 Å². The molecule has 29 heavy (non-hydrogen) atoms. The first-order valence-electron chi connectivity index (χ1n) is 9.64. The Kier molecular flexibility index (Phi) is 5.53. The van der Waals surface area contributed by atoms with Crippen LogP contribution in [0.15, 0.2) is 40.8 Å². The maximum absolute atomic E-state index is 12.7. The maximum Gasteiger partial charge on any atom is 0.262 e. The van der Waals surface area contributed by atoms with E-state index < -0.39 is 0 Å². The Bertz CT molecular complexity index is 1090. The van der Waals surface area contributed by atoms with E-state index in [2.05, 4.69) is 10.3 Å². The lowest BCUT2D eigenvalue weighted by atomic mass is 9.95. The van der Waals surface area contributed by atoms with Gasteiger partial charge in [-0.15, -0.1) is 11.3 Å². The largest absolute Gasteiger partial charge is 0.490 e. The first-order valence-corrected chi connectivity index (χ1v) is 10.5. The molecule has 1 amide bonds. The van der Waals surface area contributed by atoms with Crippen LogP contribution in [0.2, 0.25) is 0 Å². The fourth-order valence-corrected chi connectivity index (χ4v) is 4.11. The minimum absolute atomic E-state index is 0.0780. The Hall–Kier alpha value is -2.87. The van der Waals surface area contributed by atoms with Gasteiger partial charge in [0.2, 0.25) is 5.91 Å². The number of amides is 1. The second kappa shape index (κ2) is 8.24. The molecule has 2 aromatic heterocycles. The Labute approximate surface area is 172 Å². The van der Waals surface area contributed by atoms with E-state index in [9.17, 15) is 9.59 Å². The highest BCUT2D eigenvalue weighted by atomic mass is 32.1. The third-order valence-electron chi connectivity index (χ3n) is 4.88. The Morgan fingerprint density at radius 2 is 2.03 bits per heavy atom. The Balaban J connectivity index is 1.53. The Morgan fingerprint density at radius 3 is 2.83 bits per heavy atom. The van der Waals surface area contributed by atoms with Crippen molar-refractivity contribution < 1.29 is 14.3 Å². The van der Waals surface area contributed by atoms with Crippen molar-refractivity contribution in [1.82, 2.24) is 14.9 Å². The summed E-state index contributed by atoms with van der Waals surface area (Å²) in [5.74, 6) is 1.33. The summed E-state index contributed by atoms with van der Waals surface area (Å²) >= 11 is 1.41. The first-order chi connectivity index (χ1) is 14.0. The molecule has 1 aliphatic rings. The molecule has 0 bridgehead atoms. The molecule has 4 rings (SSSR count). The molecule has 8 heteroatoms. The summed E-state index contributed by atoms with van der Waals surface area (Å²) in [5, 5.41) is 5.41. The SMILES string of the molecule is CC(C)C(NC(=O)Cn1cnc2sccc2c1=O)c1ccc2c(c1)OCCCO2. The van der Waals surface area contributed by atoms with Crippen LogP contribution >= 0.6 is 11.3 Å². The van der Waals surface area contributed by atoms with Gasteiger partial charge in [-0.25, -0.2) is 4.98 Å². The molecule has 3 aromatic rings. The summed E-state index contributed by atoms with van der Waals surface area (Å²) in [5.41, 5.74) is 0.736. The van der Waals surface area contributed by atoms with Crippen molar-refractivity contribution >= 4 is 27.5 Å². The van der Waals surface area contributed by atoms with Crippen LogP contribution in [0.3, 0.4) is 0 Å².